The summed E-state index contributed by atoms with van der Waals surface area (Å²) in [5, 5.41) is 13.0. The molecule has 2 N–H and O–H groups in total. The summed E-state index contributed by atoms with van der Waals surface area (Å²) in [4.78, 5) is 0. The summed E-state index contributed by atoms with van der Waals surface area (Å²) >= 11 is 3.39. The molecule has 2 nitrogen and oxygen atoms in total. The zero-order valence-corrected chi connectivity index (χ0v) is 15.4. The minimum atomic E-state index is -0.605. The molecule has 2 aromatic carbocycles. The smallest absolute Gasteiger partial charge is 0.131 e. The van der Waals surface area contributed by atoms with Gasteiger partial charge in [-0.15, -0.1) is 0 Å². The Labute approximate surface area is 150 Å². The lowest BCUT2D eigenvalue weighted by Gasteiger charge is -2.27. The van der Waals surface area contributed by atoms with E-state index in [2.05, 4.69) is 35.1 Å². The van der Waals surface area contributed by atoms with Gasteiger partial charge in [0.1, 0.15) is 11.6 Å². The van der Waals surface area contributed by atoms with Gasteiger partial charge in [0.25, 0.3) is 0 Å². The first-order chi connectivity index (χ1) is 11.4. The average Bonchev–Trinajstić information content (AvgIpc) is 2.52. The molecule has 0 radical (unpaired) electrons. The normalized spacial score (nSPS) is 14.0. The Balaban J connectivity index is 2.38. The molecular weight excluding hydrogens is 376 g/mol. The lowest BCUT2D eigenvalue weighted by Crippen LogP contribution is -2.37. The third-order valence-corrected chi connectivity index (χ3v) is 4.38. The van der Waals surface area contributed by atoms with Gasteiger partial charge in [-0.2, -0.15) is 0 Å². The molecule has 2 rings (SSSR count). The van der Waals surface area contributed by atoms with E-state index in [-0.39, 0.29) is 12.6 Å². The number of rotatable bonds is 7. The van der Waals surface area contributed by atoms with Crippen LogP contribution >= 0.6 is 15.9 Å². The van der Waals surface area contributed by atoms with Gasteiger partial charge in [0, 0.05) is 22.1 Å². The molecule has 2 atom stereocenters. The van der Waals surface area contributed by atoms with Crippen molar-refractivity contribution in [1.29, 1.82) is 0 Å². The predicted molar refractivity (Wildman–Crippen MR) is 95.8 cm³/mol. The highest BCUT2D eigenvalue weighted by Gasteiger charge is 2.22. The van der Waals surface area contributed by atoms with Crippen LogP contribution in [0.4, 0.5) is 8.78 Å². The molecule has 0 aliphatic rings. The maximum Gasteiger partial charge on any atom is 0.131 e. The first-order valence-corrected chi connectivity index (χ1v) is 8.77. The van der Waals surface area contributed by atoms with Gasteiger partial charge in [0.15, 0.2) is 0 Å². The van der Waals surface area contributed by atoms with E-state index in [0.717, 1.165) is 22.5 Å². The summed E-state index contributed by atoms with van der Waals surface area (Å²) < 4.78 is 28.5. The van der Waals surface area contributed by atoms with E-state index in [1.165, 1.54) is 12.1 Å². The van der Waals surface area contributed by atoms with Crippen LogP contribution in [0.25, 0.3) is 0 Å². The SMILES string of the molecule is CC(C)C[C@@H](CO)NC(c1ccc(Br)cc1)c1ccc(F)cc1F. The van der Waals surface area contributed by atoms with Gasteiger partial charge in [-0.05, 0) is 36.1 Å². The van der Waals surface area contributed by atoms with E-state index < -0.39 is 17.7 Å². The molecule has 5 heteroatoms. The van der Waals surface area contributed by atoms with Gasteiger partial charge in [0.05, 0.1) is 12.6 Å². The number of halogens is 3. The number of aliphatic hydroxyl groups is 1. The molecule has 0 saturated heterocycles. The molecule has 24 heavy (non-hydrogen) atoms. The second-order valence-corrected chi connectivity index (χ2v) is 7.24. The van der Waals surface area contributed by atoms with E-state index in [1.54, 1.807) is 0 Å². The van der Waals surface area contributed by atoms with Gasteiger partial charge >= 0.3 is 0 Å². The van der Waals surface area contributed by atoms with Gasteiger partial charge < -0.3 is 10.4 Å². The van der Waals surface area contributed by atoms with Crippen LogP contribution in [0.1, 0.15) is 37.4 Å². The Morgan fingerprint density at radius 2 is 1.75 bits per heavy atom. The molecule has 0 aliphatic heterocycles. The van der Waals surface area contributed by atoms with Gasteiger partial charge in [-0.1, -0.05) is 48.0 Å². The lowest BCUT2D eigenvalue weighted by atomic mass is 9.95. The molecule has 0 amide bonds. The summed E-state index contributed by atoms with van der Waals surface area (Å²) in [5.74, 6) is -0.818. The first kappa shape index (κ1) is 19.0. The predicted octanol–water partition coefficient (Wildman–Crippen LogP) is 4.81. The van der Waals surface area contributed by atoms with Crippen molar-refractivity contribution in [3.8, 4) is 0 Å². The maximum atomic E-state index is 14.3. The van der Waals surface area contributed by atoms with Gasteiger partial charge in [-0.3, -0.25) is 0 Å². The van der Waals surface area contributed by atoms with Crippen LogP contribution in [0.5, 0.6) is 0 Å². The number of hydrogen-bond donors (Lipinski definition) is 2. The largest absolute Gasteiger partial charge is 0.395 e. The van der Waals surface area contributed by atoms with E-state index in [4.69, 9.17) is 0 Å². The van der Waals surface area contributed by atoms with Crippen molar-refractivity contribution in [2.75, 3.05) is 6.61 Å². The fourth-order valence-corrected chi connectivity index (χ4v) is 3.02. The van der Waals surface area contributed by atoms with Crippen LogP contribution in [-0.2, 0) is 0 Å². The lowest BCUT2D eigenvalue weighted by molar-refractivity contribution is 0.217. The molecule has 0 bridgehead atoms. The molecule has 0 aromatic heterocycles. The third-order valence-electron chi connectivity index (χ3n) is 3.86. The van der Waals surface area contributed by atoms with Crippen molar-refractivity contribution in [3.05, 3.63) is 69.7 Å². The Bertz CT molecular complexity index is 661. The molecule has 130 valence electrons. The van der Waals surface area contributed by atoms with Crippen molar-refractivity contribution in [2.24, 2.45) is 5.92 Å². The van der Waals surface area contributed by atoms with E-state index >= 15 is 0 Å². The highest BCUT2D eigenvalue weighted by atomic mass is 79.9. The monoisotopic (exact) mass is 397 g/mol. The molecule has 0 saturated carbocycles. The number of benzene rings is 2. The maximum absolute atomic E-state index is 14.3. The fourth-order valence-electron chi connectivity index (χ4n) is 2.76. The second kappa shape index (κ2) is 8.70. The Morgan fingerprint density at radius 3 is 2.29 bits per heavy atom. The van der Waals surface area contributed by atoms with Crippen molar-refractivity contribution in [2.45, 2.75) is 32.4 Å². The van der Waals surface area contributed by atoms with Crippen LogP contribution in [0.2, 0.25) is 0 Å². The molecule has 0 heterocycles. The topological polar surface area (TPSA) is 32.3 Å². The van der Waals surface area contributed by atoms with Crippen molar-refractivity contribution >= 4 is 15.9 Å². The summed E-state index contributed by atoms with van der Waals surface area (Å²) in [6.45, 7) is 4.09. The summed E-state index contributed by atoms with van der Waals surface area (Å²) in [7, 11) is 0. The van der Waals surface area contributed by atoms with E-state index in [1.807, 2.05) is 24.3 Å². The third kappa shape index (κ3) is 5.10. The van der Waals surface area contributed by atoms with Gasteiger partial charge in [0.2, 0.25) is 0 Å². The van der Waals surface area contributed by atoms with Crippen molar-refractivity contribution in [1.82, 2.24) is 5.32 Å². The fraction of sp³-hybridized carbons (Fsp3) is 0.368. The van der Waals surface area contributed by atoms with Crippen LogP contribution in [0, 0.1) is 17.6 Å². The number of nitrogens with one attached hydrogen (secondary N) is 1. The average molecular weight is 398 g/mol. The molecular formula is C19H22BrF2NO. The van der Waals surface area contributed by atoms with Crippen LogP contribution in [0.15, 0.2) is 46.9 Å². The molecule has 1 unspecified atom stereocenters. The van der Waals surface area contributed by atoms with Crippen LogP contribution in [0.3, 0.4) is 0 Å². The Morgan fingerprint density at radius 1 is 1.08 bits per heavy atom. The zero-order chi connectivity index (χ0) is 17.7. The molecule has 0 spiro atoms. The molecule has 0 aliphatic carbocycles. The zero-order valence-electron chi connectivity index (χ0n) is 13.8. The summed E-state index contributed by atoms with van der Waals surface area (Å²) in [5.41, 5.74) is 1.21. The minimum Gasteiger partial charge on any atom is -0.395 e. The Hall–Kier alpha value is -1.30. The van der Waals surface area contributed by atoms with E-state index in [9.17, 15) is 13.9 Å². The highest BCUT2D eigenvalue weighted by Crippen LogP contribution is 2.27. The van der Waals surface area contributed by atoms with Crippen molar-refractivity contribution in [3.63, 3.8) is 0 Å². The summed E-state index contributed by atoms with van der Waals surface area (Å²) in [6, 6.07) is 10.5. The minimum absolute atomic E-state index is 0.0476. The van der Waals surface area contributed by atoms with Crippen LogP contribution in [-0.4, -0.2) is 17.8 Å². The quantitative estimate of drug-likeness (QED) is 0.702. The van der Waals surface area contributed by atoms with Crippen molar-refractivity contribution < 1.29 is 13.9 Å². The van der Waals surface area contributed by atoms with Gasteiger partial charge in [-0.25, -0.2) is 8.78 Å². The number of aliphatic hydroxyl groups excluding tert-OH is 1. The number of hydrogen-bond acceptors (Lipinski definition) is 2. The molecule has 2 aromatic rings. The second-order valence-electron chi connectivity index (χ2n) is 6.33. The Kier molecular flexibility index (Phi) is 6.90. The highest BCUT2D eigenvalue weighted by molar-refractivity contribution is 9.10. The van der Waals surface area contributed by atoms with E-state index in [0.29, 0.717) is 11.5 Å². The standard InChI is InChI=1S/C19H22BrF2NO/c1-12(2)9-16(11-24)23-19(13-3-5-14(20)6-4-13)17-8-7-15(21)10-18(17)22/h3-8,10,12,16,19,23-24H,9,11H2,1-2H3/t16-,19?/m0/s1. The van der Waals surface area contributed by atoms with Crippen LogP contribution < -0.4 is 5.32 Å². The summed E-state index contributed by atoms with van der Waals surface area (Å²) in [6.07, 6.45) is 0.756. The molecule has 0 fully saturated rings. The first-order valence-electron chi connectivity index (χ1n) is 7.98.